The summed E-state index contributed by atoms with van der Waals surface area (Å²) in [6.07, 6.45) is -1.02. The Morgan fingerprint density at radius 1 is 1.21 bits per heavy atom. The molecule has 1 aliphatic heterocycles. The number of esters is 1. The lowest BCUT2D eigenvalue weighted by Gasteiger charge is -2.44. The van der Waals surface area contributed by atoms with Crippen LogP contribution in [-0.2, 0) is 19.0 Å². The Hall–Kier alpha value is -1.89. The van der Waals surface area contributed by atoms with Crippen molar-refractivity contribution in [1.82, 2.24) is 5.32 Å². The van der Waals surface area contributed by atoms with Gasteiger partial charge in [0, 0.05) is 24.5 Å². The standard InChI is InChI=1S/C27H42N2O8S/c1-4-6-16-9-10-17(13-16)25(33)29-20(15(2)35-3)24-22(31)21(30)23(32)27(37-24)38-12-11-36-26(34)18-7-5-8-19(28)14-18/h5,7-8,14-17,20-24,27,30-32H,4,6,9-13,28H2,1-3H3,(H,29,33)/t15-,16+,17+,20-,21+,22-,23-,24-,27-/m1/s1. The second kappa shape index (κ2) is 14.5. The number of ether oxygens (including phenoxy) is 3. The summed E-state index contributed by atoms with van der Waals surface area (Å²) >= 11 is 1.14. The van der Waals surface area contributed by atoms with E-state index in [1.54, 1.807) is 25.1 Å². The predicted octanol–water partition coefficient (Wildman–Crippen LogP) is 1.70. The van der Waals surface area contributed by atoms with E-state index in [2.05, 4.69) is 12.2 Å². The normalized spacial score (nSPS) is 30.9. The van der Waals surface area contributed by atoms with Crippen molar-refractivity contribution < 1.29 is 39.1 Å². The molecule has 1 saturated heterocycles. The summed E-state index contributed by atoms with van der Waals surface area (Å²) in [4.78, 5) is 25.4. The van der Waals surface area contributed by atoms with Gasteiger partial charge < -0.3 is 40.6 Å². The molecule has 0 aromatic heterocycles. The molecular formula is C27H42N2O8S. The molecule has 1 saturated carbocycles. The molecule has 1 amide bonds. The largest absolute Gasteiger partial charge is 0.461 e. The van der Waals surface area contributed by atoms with Gasteiger partial charge in [-0.15, -0.1) is 11.8 Å². The first kappa shape index (κ1) is 30.6. The molecule has 3 rings (SSSR count). The van der Waals surface area contributed by atoms with Crippen LogP contribution in [0.2, 0.25) is 0 Å². The van der Waals surface area contributed by atoms with E-state index in [0.29, 0.717) is 17.2 Å². The minimum Gasteiger partial charge on any atom is -0.461 e. The maximum Gasteiger partial charge on any atom is 0.338 e. The highest BCUT2D eigenvalue weighted by molar-refractivity contribution is 7.99. The van der Waals surface area contributed by atoms with Gasteiger partial charge in [0.1, 0.15) is 36.5 Å². The molecule has 10 nitrogen and oxygen atoms in total. The summed E-state index contributed by atoms with van der Waals surface area (Å²) < 4.78 is 16.8. The molecular weight excluding hydrogens is 512 g/mol. The van der Waals surface area contributed by atoms with Gasteiger partial charge in [-0.05, 0) is 50.3 Å². The van der Waals surface area contributed by atoms with Crippen molar-refractivity contribution in [2.24, 2.45) is 11.8 Å². The fourth-order valence-corrected chi connectivity index (χ4v) is 6.21. The first-order chi connectivity index (χ1) is 18.2. The monoisotopic (exact) mass is 554 g/mol. The van der Waals surface area contributed by atoms with Crippen LogP contribution in [-0.4, -0.2) is 88.7 Å². The number of aliphatic hydroxyl groups is 3. The minimum absolute atomic E-state index is 0.0312. The Morgan fingerprint density at radius 2 is 1.97 bits per heavy atom. The molecule has 11 heteroatoms. The highest BCUT2D eigenvalue weighted by Gasteiger charge is 2.48. The first-order valence-corrected chi connectivity index (χ1v) is 14.4. The van der Waals surface area contributed by atoms with Crippen LogP contribution in [0.5, 0.6) is 0 Å². The van der Waals surface area contributed by atoms with Crippen LogP contribution < -0.4 is 11.1 Å². The Bertz CT molecular complexity index is 921. The number of carbonyl (C=O) groups is 2. The summed E-state index contributed by atoms with van der Waals surface area (Å²) in [5, 5.41) is 35.0. The number of amides is 1. The lowest BCUT2D eigenvalue weighted by molar-refractivity contribution is -0.212. The van der Waals surface area contributed by atoms with Gasteiger partial charge in [-0.2, -0.15) is 0 Å². The zero-order valence-electron chi connectivity index (χ0n) is 22.3. The fourth-order valence-electron chi connectivity index (χ4n) is 5.23. The number of carbonyl (C=O) groups excluding carboxylic acids is 2. The molecule has 214 valence electrons. The quantitative estimate of drug-likeness (QED) is 0.146. The summed E-state index contributed by atoms with van der Waals surface area (Å²) in [5.74, 6) is 0.0434. The molecule has 9 atom stereocenters. The van der Waals surface area contributed by atoms with Crippen LogP contribution >= 0.6 is 11.8 Å². The minimum atomic E-state index is -1.50. The summed E-state index contributed by atoms with van der Waals surface area (Å²) in [6, 6.07) is 5.70. The van der Waals surface area contributed by atoms with Crippen molar-refractivity contribution in [2.45, 2.75) is 87.9 Å². The maximum atomic E-state index is 13.1. The number of hydrogen-bond donors (Lipinski definition) is 5. The van der Waals surface area contributed by atoms with E-state index in [1.165, 1.54) is 13.2 Å². The molecule has 6 N–H and O–H groups in total. The molecule has 1 aromatic rings. The van der Waals surface area contributed by atoms with E-state index in [9.17, 15) is 24.9 Å². The van der Waals surface area contributed by atoms with Crippen LogP contribution in [0.4, 0.5) is 5.69 Å². The van der Waals surface area contributed by atoms with Gasteiger partial charge >= 0.3 is 5.97 Å². The molecule has 1 aromatic carbocycles. The van der Waals surface area contributed by atoms with Gasteiger partial charge in [0.25, 0.3) is 0 Å². The lowest BCUT2D eigenvalue weighted by Crippen LogP contribution is -2.65. The maximum absolute atomic E-state index is 13.1. The number of thioether (sulfide) groups is 1. The highest BCUT2D eigenvalue weighted by atomic mass is 32.2. The Labute approximate surface area is 228 Å². The Kier molecular flexibility index (Phi) is 11.7. The number of methoxy groups -OCH3 is 1. The van der Waals surface area contributed by atoms with E-state index in [1.807, 2.05) is 0 Å². The number of aliphatic hydroxyl groups excluding tert-OH is 3. The van der Waals surface area contributed by atoms with Gasteiger partial charge in [0.2, 0.25) is 5.91 Å². The molecule has 0 radical (unpaired) electrons. The predicted molar refractivity (Wildman–Crippen MR) is 144 cm³/mol. The van der Waals surface area contributed by atoms with E-state index in [4.69, 9.17) is 19.9 Å². The van der Waals surface area contributed by atoms with Crippen molar-refractivity contribution in [3.63, 3.8) is 0 Å². The third-order valence-electron chi connectivity index (χ3n) is 7.48. The highest BCUT2D eigenvalue weighted by Crippen LogP contribution is 2.35. The van der Waals surface area contributed by atoms with Crippen LogP contribution in [0.25, 0.3) is 0 Å². The summed E-state index contributed by atoms with van der Waals surface area (Å²) in [7, 11) is 1.50. The van der Waals surface area contributed by atoms with Crippen LogP contribution in [0, 0.1) is 11.8 Å². The number of hydrogen-bond acceptors (Lipinski definition) is 10. The molecule has 2 aliphatic rings. The third kappa shape index (κ3) is 7.83. The van der Waals surface area contributed by atoms with E-state index >= 15 is 0 Å². The SMILES string of the molecule is CCC[C@H]1CC[C@H](C(=O)N[C@@H]([C@H]2O[C@H](SCCOC(=O)c3cccc(N)c3)[C@H](O)[C@@H](O)[C@H]2O)[C@@H](C)OC)C1. The molecule has 0 unspecified atom stereocenters. The molecule has 1 heterocycles. The molecule has 1 aliphatic carbocycles. The summed E-state index contributed by atoms with van der Waals surface area (Å²) in [5.41, 5.74) is 5.56. The van der Waals surface area contributed by atoms with Crippen LogP contribution in [0.3, 0.4) is 0 Å². The van der Waals surface area contributed by atoms with E-state index in [0.717, 1.165) is 43.9 Å². The van der Waals surface area contributed by atoms with Crippen molar-refractivity contribution in [3.05, 3.63) is 29.8 Å². The van der Waals surface area contributed by atoms with Crippen molar-refractivity contribution >= 4 is 29.3 Å². The molecule has 2 fully saturated rings. The van der Waals surface area contributed by atoms with Crippen LogP contribution in [0.15, 0.2) is 24.3 Å². The summed E-state index contributed by atoms with van der Waals surface area (Å²) in [6.45, 7) is 3.93. The number of nitrogens with two attached hydrogens (primary N) is 1. The van der Waals surface area contributed by atoms with Crippen molar-refractivity contribution in [3.8, 4) is 0 Å². The van der Waals surface area contributed by atoms with E-state index in [-0.39, 0.29) is 24.2 Å². The Morgan fingerprint density at radius 3 is 2.66 bits per heavy atom. The van der Waals surface area contributed by atoms with Crippen LogP contribution in [0.1, 0.15) is 56.3 Å². The second-order valence-corrected chi connectivity index (χ2v) is 11.4. The number of anilines is 1. The van der Waals surface area contributed by atoms with Crippen molar-refractivity contribution in [1.29, 1.82) is 0 Å². The van der Waals surface area contributed by atoms with Gasteiger partial charge in [-0.3, -0.25) is 4.79 Å². The smallest absolute Gasteiger partial charge is 0.338 e. The lowest BCUT2D eigenvalue weighted by atomic mass is 9.91. The molecule has 0 spiro atoms. The average Bonchev–Trinajstić information content (AvgIpc) is 3.38. The van der Waals surface area contributed by atoms with Gasteiger partial charge in [0.05, 0.1) is 17.7 Å². The third-order valence-corrected chi connectivity index (χ3v) is 8.60. The number of nitrogen functional groups attached to an aromatic ring is 1. The zero-order chi connectivity index (χ0) is 27.8. The zero-order valence-corrected chi connectivity index (χ0v) is 23.1. The number of benzene rings is 1. The fraction of sp³-hybridized carbons (Fsp3) is 0.704. The Balaban J connectivity index is 1.60. The second-order valence-electron chi connectivity index (χ2n) is 10.2. The number of rotatable bonds is 12. The van der Waals surface area contributed by atoms with E-state index < -0.39 is 48.0 Å². The van der Waals surface area contributed by atoms with Gasteiger partial charge in [-0.1, -0.05) is 25.8 Å². The average molecular weight is 555 g/mol. The number of nitrogens with one attached hydrogen (secondary N) is 1. The first-order valence-electron chi connectivity index (χ1n) is 13.3. The molecule has 0 bridgehead atoms. The van der Waals surface area contributed by atoms with Gasteiger partial charge in [0.15, 0.2) is 0 Å². The molecule has 38 heavy (non-hydrogen) atoms. The topological polar surface area (TPSA) is 161 Å². The van der Waals surface area contributed by atoms with Crippen molar-refractivity contribution in [2.75, 3.05) is 25.2 Å². The van der Waals surface area contributed by atoms with Gasteiger partial charge in [-0.25, -0.2) is 4.79 Å².